The van der Waals surface area contributed by atoms with Crippen LogP contribution in [0.5, 0.6) is 0 Å². The van der Waals surface area contributed by atoms with Crippen LogP contribution in [0.3, 0.4) is 0 Å². The van der Waals surface area contributed by atoms with Crippen molar-refractivity contribution in [1.29, 1.82) is 0 Å². The maximum atomic E-state index is 11.6. The highest BCUT2D eigenvalue weighted by Gasteiger charge is 2.17. The lowest BCUT2D eigenvalue weighted by Crippen LogP contribution is -2.32. The Morgan fingerprint density at radius 1 is 1.12 bits per heavy atom. The van der Waals surface area contributed by atoms with Gasteiger partial charge in [0.05, 0.1) is 6.61 Å². The van der Waals surface area contributed by atoms with Gasteiger partial charge in [0.2, 0.25) is 5.91 Å². The summed E-state index contributed by atoms with van der Waals surface area (Å²) in [5.74, 6) is -1.88. The number of carbonyl (C=O) groups is 4. The largest absolute Gasteiger partial charge is 0.463 e. The minimum atomic E-state index is -0.618. The van der Waals surface area contributed by atoms with Crippen molar-refractivity contribution in [1.82, 2.24) is 5.32 Å². The van der Waals surface area contributed by atoms with E-state index in [-0.39, 0.29) is 25.0 Å². The van der Waals surface area contributed by atoms with E-state index in [1.807, 2.05) is 0 Å². The van der Waals surface area contributed by atoms with Crippen molar-refractivity contribution in [2.75, 3.05) is 6.61 Å². The van der Waals surface area contributed by atoms with Crippen LogP contribution in [0.2, 0.25) is 0 Å². The minimum Gasteiger partial charge on any atom is -0.463 e. The van der Waals surface area contributed by atoms with Crippen LogP contribution in [0, 0.1) is 0 Å². The third-order valence-corrected chi connectivity index (χ3v) is 4.06. The summed E-state index contributed by atoms with van der Waals surface area (Å²) in [6, 6.07) is 0. The molecular formula is C18H23NO6. The van der Waals surface area contributed by atoms with E-state index in [1.165, 1.54) is 12.5 Å². The van der Waals surface area contributed by atoms with E-state index in [0.29, 0.717) is 12.8 Å². The first-order valence-electron chi connectivity index (χ1n) is 8.61. The fraction of sp³-hybridized carbons (Fsp3) is 0.556. The van der Waals surface area contributed by atoms with Gasteiger partial charge in [-0.15, -0.1) is 0 Å². The van der Waals surface area contributed by atoms with Gasteiger partial charge in [0.1, 0.15) is 6.10 Å². The Labute approximate surface area is 146 Å². The number of carbonyl (C=O) groups excluding carboxylic acids is 4. The van der Waals surface area contributed by atoms with Crippen molar-refractivity contribution < 1.29 is 28.7 Å². The standard InChI is InChI=1S/C18H23NO6/c20-15-11-13(12-16(21)19-15)5-4-10-24-17(22)8-9-18(23)25-14-6-2-1-3-7-14/h8-9,11,14H,1-7,10,12H2,(H,19,20,21)/b9-8+. The second-order valence-electron chi connectivity index (χ2n) is 6.19. The van der Waals surface area contributed by atoms with Crippen molar-refractivity contribution in [3.05, 3.63) is 23.8 Å². The average Bonchev–Trinajstić information content (AvgIpc) is 2.57. The van der Waals surface area contributed by atoms with Crippen LogP contribution in [0.15, 0.2) is 23.8 Å². The van der Waals surface area contributed by atoms with Crippen molar-refractivity contribution >= 4 is 23.8 Å². The monoisotopic (exact) mass is 349 g/mol. The molecule has 2 amide bonds. The summed E-state index contributed by atoms with van der Waals surface area (Å²) in [7, 11) is 0. The Hall–Kier alpha value is -2.44. The number of ether oxygens (including phenoxy) is 2. The molecule has 0 saturated heterocycles. The van der Waals surface area contributed by atoms with Crippen LogP contribution in [-0.2, 0) is 28.7 Å². The SMILES string of the molecule is O=C1C=C(CCCOC(=O)/C=C/C(=O)OC2CCCCC2)CC(=O)N1. The Balaban J connectivity index is 1.60. The number of amides is 2. The molecule has 0 atom stereocenters. The molecule has 7 nitrogen and oxygen atoms in total. The molecule has 2 aliphatic rings. The molecule has 0 bridgehead atoms. The zero-order chi connectivity index (χ0) is 18.1. The molecule has 0 unspecified atom stereocenters. The Kier molecular flexibility index (Phi) is 7.37. The summed E-state index contributed by atoms with van der Waals surface area (Å²) in [5, 5.41) is 2.18. The van der Waals surface area contributed by atoms with Crippen LogP contribution in [-0.4, -0.2) is 36.5 Å². The average molecular weight is 349 g/mol. The van der Waals surface area contributed by atoms with Gasteiger partial charge in [-0.05, 0) is 38.5 Å². The number of hydrogen-bond donors (Lipinski definition) is 1. The zero-order valence-electron chi connectivity index (χ0n) is 14.1. The van der Waals surface area contributed by atoms with Gasteiger partial charge in [-0.1, -0.05) is 12.0 Å². The van der Waals surface area contributed by atoms with Crippen LogP contribution in [0.1, 0.15) is 51.4 Å². The highest BCUT2D eigenvalue weighted by atomic mass is 16.5. The molecule has 0 aromatic carbocycles. The molecule has 0 aromatic rings. The van der Waals surface area contributed by atoms with Crippen molar-refractivity contribution in [3.63, 3.8) is 0 Å². The summed E-state index contributed by atoms with van der Waals surface area (Å²) in [6.07, 6.45) is 9.72. The predicted molar refractivity (Wildman–Crippen MR) is 88.1 cm³/mol. The third kappa shape index (κ3) is 7.32. The zero-order valence-corrected chi connectivity index (χ0v) is 14.1. The number of hydrogen-bond acceptors (Lipinski definition) is 6. The minimum absolute atomic E-state index is 0.0504. The molecule has 2 rings (SSSR count). The summed E-state index contributed by atoms with van der Waals surface area (Å²) in [6.45, 7) is 0.147. The van der Waals surface area contributed by atoms with Gasteiger partial charge in [0, 0.05) is 24.6 Å². The first-order valence-corrected chi connectivity index (χ1v) is 8.61. The maximum absolute atomic E-state index is 11.6. The summed E-state index contributed by atoms with van der Waals surface area (Å²) in [4.78, 5) is 45.5. The van der Waals surface area contributed by atoms with E-state index in [9.17, 15) is 19.2 Å². The highest BCUT2D eigenvalue weighted by molar-refractivity contribution is 6.05. The smallest absolute Gasteiger partial charge is 0.331 e. The van der Waals surface area contributed by atoms with Crippen molar-refractivity contribution in [3.8, 4) is 0 Å². The molecule has 136 valence electrons. The van der Waals surface area contributed by atoms with Crippen molar-refractivity contribution in [2.45, 2.75) is 57.5 Å². The lowest BCUT2D eigenvalue weighted by molar-refractivity contribution is -0.145. The van der Waals surface area contributed by atoms with Gasteiger partial charge in [-0.3, -0.25) is 14.9 Å². The van der Waals surface area contributed by atoms with E-state index in [1.54, 1.807) is 0 Å². The number of rotatable bonds is 7. The second kappa shape index (κ2) is 9.76. The number of imide groups is 1. The quantitative estimate of drug-likeness (QED) is 0.325. The van der Waals surface area contributed by atoms with Gasteiger partial charge >= 0.3 is 11.9 Å². The summed E-state index contributed by atoms with van der Waals surface area (Å²) in [5.41, 5.74) is 0.719. The molecule has 1 saturated carbocycles. The highest BCUT2D eigenvalue weighted by Crippen LogP contribution is 2.20. The van der Waals surface area contributed by atoms with Crippen LogP contribution < -0.4 is 5.32 Å². The predicted octanol–water partition coefficient (Wildman–Crippen LogP) is 1.71. The van der Waals surface area contributed by atoms with E-state index in [2.05, 4.69) is 5.32 Å². The summed E-state index contributed by atoms with van der Waals surface area (Å²) >= 11 is 0. The van der Waals surface area contributed by atoms with E-state index in [4.69, 9.17) is 9.47 Å². The van der Waals surface area contributed by atoms with Gasteiger partial charge in [-0.25, -0.2) is 9.59 Å². The lowest BCUT2D eigenvalue weighted by atomic mass is 9.98. The van der Waals surface area contributed by atoms with Gasteiger partial charge in [0.25, 0.3) is 5.91 Å². The van der Waals surface area contributed by atoms with Crippen molar-refractivity contribution in [2.24, 2.45) is 0 Å². The molecule has 0 spiro atoms. The van der Waals surface area contributed by atoms with Crippen LogP contribution in [0.4, 0.5) is 0 Å². The Morgan fingerprint density at radius 2 is 1.84 bits per heavy atom. The fourth-order valence-corrected chi connectivity index (χ4v) is 2.86. The number of nitrogens with one attached hydrogen (secondary N) is 1. The molecule has 1 aliphatic carbocycles. The normalized spacial score (nSPS) is 18.6. The van der Waals surface area contributed by atoms with E-state index in [0.717, 1.165) is 43.4 Å². The van der Waals surface area contributed by atoms with Gasteiger partial charge in [0.15, 0.2) is 0 Å². The third-order valence-electron chi connectivity index (χ3n) is 4.06. The fourth-order valence-electron chi connectivity index (χ4n) is 2.86. The van der Waals surface area contributed by atoms with E-state index < -0.39 is 17.8 Å². The molecule has 7 heteroatoms. The molecule has 0 radical (unpaired) electrons. The molecule has 1 N–H and O–H groups in total. The number of esters is 2. The molecular weight excluding hydrogens is 326 g/mol. The maximum Gasteiger partial charge on any atom is 0.331 e. The Bertz CT molecular complexity index is 586. The first kappa shape index (κ1) is 18.9. The molecule has 1 aliphatic heterocycles. The topological polar surface area (TPSA) is 98.8 Å². The van der Waals surface area contributed by atoms with Gasteiger partial charge < -0.3 is 9.47 Å². The Morgan fingerprint density at radius 3 is 2.56 bits per heavy atom. The molecule has 1 fully saturated rings. The lowest BCUT2D eigenvalue weighted by Gasteiger charge is -2.20. The molecule has 0 aromatic heterocycles. The molecule has 1 heterocycles. The van der Waals surface area contributed by atoms with E-state index >= 15 is 0 Å². The van der Waals surface area contributed by atoms with Crippen LogP contribution in [0.25, 0.3) is 0 Å². The molecule has 25 heavy (non-hydrogen) atoms. The van der Waals surface area contributed by atoms with Crippen LogP contribution >= 0.6 is 0 Å². The summed E-state index contributed by atoms with van der Waals surface area (Å²) < 4.78 is 10.2. The second-order valence-corrected chi connectivity index (χ2v) is 6.19. The first-order chi connectivity index (χ1) is 12.0. The van der Waals surface area contributed by atoms with Gasteiger partial charge in [-0.2, -0.15) is 0 Å².